The topological polar surface area (TPSA) is 62.2 Å². The highest BCUT2D eigenvalue weighted by Gasteiger charge is 2.31. The van der Waals surface area contributed by atoms with Crippen LogP contribution in [-0.2, 0) is 12.7 Å². The van der Waals surface area contributed by atoms with Crippen LogP contribution in [0.5, 0.6) is 0 Å². The van der Waals surface area contributed by atoms with Crippen LogP contribution in [0.1, 0.15) is 75.8 Å². The number of allylic oxidation sites excluding steroid dienone is 3. The monoisotopic (exact) mass is 563 g/mol. The van der Waals surface area contributed by atoms with Gasteiger partial charge in [0, 0.05) is 23.6 Å². The summed E-state index contributed by atoms with van der Waals surface area (Å²) < 4.78 is 40.7. The van der Waals surface area contributed by atoms with Gasteiger partial charge in [0.25, 0.3) is 0 Å². The lowest BCUT2D eigenvalue weighted by Crippen LogP contribution is -2.27. The summed E-state index contributed by atoms with van der Waals surface area (Å²) in [5, 5.41) is 15.8. The fourth-order valence-corrected chi connectivity index (χ4v) is 4.55. The van der Waals surface area contributed by atoms with Crippen molar-refractivity contribution in [2.45, 2.75) is 66.1 Å². The molecule has 1 aliphatic rings. The summed E-state index contributed by atoms with van der Waals surface area (Å²) in [7, 11) is 0. The van der Waals surface area contributed by atoms with Gasteiger partial charge in [-0.3, -0.25) is 0 Å². The van der Waals surface area contributed by atoms with Crippen molar-refractivity contribution >= 4 is 5.71 Å². The lowest BCUT2D eigenvalue weighted by Gasteiger charge is -2.23. The number of benzene rings is 2. The standard InChI is InChI=1S/C31H34F3N5.C2H6/c1-4-9-27(37-30(21(2)3)36-20-22-10-6-5-7-11-22)26-19-28(23-14-16-35-17-15-23)38-39-29(26)24-12-8-13-25(18-24)31(32,33)34;1-2/h4-13,18-19,23,35-36H,14-17,20H2,1-3H3;1-2H3/b9-4-,37-27+;. The van der Waals surface area contributed by atoms with Crippen molar-refractivity contribution in [2.24, 2.45) is 4.99 Å². The van der Waals surface area contributed by atoms with E-state index in [-0.39, 0.29) is 5.92 Å². The van der Waals surface area contributed by atoms with Gasteiger partial charge in [-0.2, -0.15) is 18.3 Å². The Kier molecular flexibility index (Phi) is 11.8. The maximum absolute atomic E-state index is 13.6. The second-order valence-electron chi connectivity index (χ2n) is 9.82. The molecule has 0 atom stereocenters. The minimum atomic E-state index is -4.46. The van der Waals surface area contributed by atoms with Gasteiger partial charge in [0.1, 0.15) is 11.5 Å². The third kappa shape index (κ3) is 8.85. The maximum Gasteiger partial charge on any atom is 0.416 e. The van der Waals surface area contributed by atoms with Gasteiger partial charge < -0.3 is 10.6 Å². The Morgan fingerprint density at radius 1 is 1.00 bits per heavy atom. The molecule has 0 aliphatic carbocycles. The van der Waals surface area contributed by atoms with Crippen molar-refractivity contribution < 1.29 is 13.2 Å². The van der Waals surface area contributed by atoms with Crippen molar-refractivity contribution in [1.29, 1.82) is 0 Å². The molecule has 218 valence electrons. The van der Waals surface area contributed by atoms with Gasteiger partial charge in [-0.05, 0) is 82.1 Å². The van der Waals surface area contributed by atoms with Crippen LogP contribution in [0.4, 0.5) is 13.2 Å². The molecule has 0 unspecified atom stereocenters. The van der Waals surface area contributed by atoms with Crippen LogP contribution in [0.15, 0.2) is 89.2 Å². The zero-order valence-corrected chi connectivity index (χ0v) is 24.5. The maximum atomic E-state index is 13.6. The number of nitrogens with zero attached hydrogens (tertiary/aromatic N) is 3. The number of aromatic nitrogens is 2. The van der Waals surface area contributed by atoms with E-state index in [1.807, 2.05) is 83.2 Å². The summed E-state index contributed by atoms with van der Waals surface area (Å²) in [6, 6.07) is 17.2. The minimum Gasteiger partial charge on any atom is -0.366 e. The van der Waals surface area contributed by atoms with Gasteiger partial charge in [-0.25, -0.2) is 4.99 Å². The fraction of sp³-hybridized carbons (Fsp3) is 0.364. The Balaban J connectivity index is 0.00000226. The minimum absolute atomic E-state index is 0.221. The molecule has 2 aromatic carbocycles. The van der Waals surface area contributed by atoms with Crippen LogP contribution >= 0.6 is 0 Å². The average Bonchev–Trinajstić information content (AvgIpc) is 3.00. The van der Waals surface area contributed by atoms with E-state index >= 15 is 0 Å². The normalized spacial score (nSPS) is 14.4. The zero-order chi connectivity index (χ0) is 29.8. The predicted octanol–water partition coefficient (Wildman–Crippen LogP) is 8.06. The van der Waals surface area contributed by atoms with Crippen LogP contribution in [0.3, 0.4) is 0 Å². The highest BCUT2D eigenvalue weighted by atomic mass is 19.4. The van der Waals surface area contributed by atoms with Crippen molar-refractivity contribution in [3.63, 3.8) is 0 Å². The van der Waals surface area contributed by atoms with Crippen molar-refractivity contribution in [2.75, 3.05) is 13.1 Å². The molecule has 8 heteroatoms. The van der Waals surface area contributed by atoms with Crippen molar-refractivity contribution in [3.05, 3.63) is 107 Å². The number of halogens is 3. The number of nitrogens with one attached hydrogen (secondary N) is 2. The molecule has 0 amide bonds. The van der Waals surface area contributed by atoms with Crippen LogP contribution in [-0.4, -0.2) is 29.0 Å². The van der Waals surface area contributed by atoms with Gasteiger partial charge in [0.15, 0.2) is 0 Å². The first-order chi connectivity index (χ1) is 19.8. The first kappa shape index (κ1) is 31.7. The molecular weight excluding hydrogens is 523 g/mol. The van der Waals surface area contributed by atoms with Gasteiger partial charge >= 0.3 is 6.18 Å². The van der Waals surface area contributed by atoms with E-state index in [2.05, 4.69) is 20.8 Å². The van der Waals surface area contributed by atoms with Crippen molar-refractivity contribution in [3.8, 4) is 11.3 Å². The summed E-state index contributed by atoms with van der Waals surface area (Å²) in [5.41, 5.74) is 4.16. The molecule has 3 aromatic rings. The molecular formula is C33H40F3N5. The molecule has 2 N–H and O–H groups in total. The van der Waals surface area contributed by atoms with Gasteiger partial charge in [0.2, 0.25) is 0 Å². The average molecular weight is 564 g/mol. The second-order valence-corrected chi connectivity index (χ2v) is 9.82. The number of hydrogen-bond donors (Lipinski definition) is 2. The molecule has 0 radical (unpaired) electrons. The molecule has 2 heterocycles. The summed E-state index contributed by atoms with van der Waals surface area (Å²) in [6.07, 6.45) is 1.12. The highest BCUT2D eigenvalue weighted by molar-refractivity contribution is 6.12. The third-order valence-electron chi connectivity index (χ3n) is 6.64. The first-order valence-corrected chi connectivity index (χ1v) is 14.2. The second kappa shape index (κ2) is 15.3. The molecule has 1 saturated heterocycles. The van der Waals surface area contributed by atoms with E-state index in [1.165, 1.54) is 6.07 Å². The summed E-state index contributed by atoms with van der Waals surface area (Å²) in [5.74, 6) is 0.918. The fourth-order valence-electron chi connectivity index (χ4n) is 4.55. The lowest BCUT2D eigenvalue weighted by atomic mass is 9.92. The molecule has 41 heavy (non-hydrogen) atoms. The largest absolute Gasteiger partial charge is 0.416 e. The Labute approximate surface area is 241 Å². The van der Waals surface area contributed by atoms with Crippen LogP contribution in [0, 0.1) is 0 Å². The molecule has 1 aliphatic heterocycles. The molecule has 5 nitrogen and oxygen atoms in total. The highest BCUT2D eigenvalue weighted by Crippen LogP contribution is 2.34. The lowest BCUT2D eigenvalue weighted by molar-refractivity contribution is -0.137. The zero-order valence-electron chi connectivity index (χ0n) is 24.5. The summed E-state index contributed by atoms with van der Waals surface area (Å²) in [4.78, 5) is 4.99. The molecule has 4 rings (SSSR count). The summed E-state index contributed by atoms with van der Waals surface area (Å²) in [6.45, 7) is 12.2. The predicted molar refractivity (Wildman–Crippen MR) is 162 cm³/mol. The van der Waals surface area contributed by atoms with E-state index in [0.717, 1.165) is 54.9 Å². The Hall–Kier alpha value is -3.78. The van der Waals surface area contributed by atoms with E-state index in [0.29, 0.717) is 34.9 Å². The van der Waals surface area contributed by atoms with Gasteiger partial charge in [-0.1, -0.05) is 62.4 Å². The van der Waals surface area contributed by atoms with E-state index < -0.39 is 11.7 Å². The number of piperidine rings is 1. The van der Waals surface area contributed by atoms with E-state index in [9.17, 15) is 13.2 Å². The SMILES string of the molecule is C/C=C\C(=N/C(NCc1ccccc1)=C(C)C)c1cc(C2CCNCC2)nnc1-c1cccc(C(F)(F)F)c1.CC. The third-order valence-corrected chi connectivity index (χ3v) is 6.64. The van der Waals surface area contributed by atoms with Crippen molar-refractivity contribution in [1.82, 2.24) is 20.8 Å². The first-order valence-electron chi connectivity index (χ1n) is 14.2. The Morgan fingerprint density at radius 2 is 1.71 bits per heavy atom. The number of aliphatic imine (C=N–C) groups is 1. The Morgan fingerprint density at radius 3 is 2.34 bits per heavy atom. The van der Waals surface area contributed by atoms with E-state index in [1.54, 1.807) is 6.07 Å². The smallest absolute Gasteiger partial charge is 0.366 e. The number of rotatable bonds is 8. The quantitative estimate of drug-likeness (QED) is 0.272. The van der Waals surface area contributed by atoms with Crippen LogP contribution < -0.4 is 10.6 Å². The Bertz CT molecular complexity index is 1350. The van der Waals surface area contributed by atoms with E-state index in [4.69, 9.17) is 4.99 Å². The molecule has 1 aromatic heterocycles. The van der Waals surface area contributed by atoms with Gasteiger partial charge in [0.05, 0.1) is 17.0 Å². The molecule has 0 saturated carbocycles. The molecule has 0 spiro atoms. The number of alkyl halides is 3. The number of hydrogen-bond acceptors (Lipinski definition) is 5. The van der Waals surface area contributed by atoms with Crippen LogP contribution in [0.2, 0.25) is 0 Å². The van der Waals surface area contributed by atoms with Gasteiger partial charge in [-0.15, -0.1) is 5.10 Å². The molecule has 0 bridgehead atoms. The van der Waals surface area contributed by atoms with Crippen LogP contribution in [0.25, 0.3) is 11.3 Å². The summed E-state index contributed by atoms with van der Waals surface area (Å²) >= 11 is 0. The molecule has 1 fully saturated rings.